The molecule has 0 aromatic carbocycles. The topological polar surface area (TPSA) is 74.2 Å². The molecule has 1 atom stereocenters. The molecule has 1 aromatic heterocycles. The lowest BCUT2D eigenvalue weighted by molar-refractivity contribution is 0.0962. The lowest BCUT2D eigenvalue weighted by atomic mass is 10.00. The number of nitrogens with two attached hydrogens (primary N) is 1. The molecule has 0 amide bonds. The molecule has 108 valence electrons. The second kappa shape index (κ2) is 6.48. The molecule has 1 unspecified atom stereocenters. The highest BCUT2D eigenvalue weighted by Crippen LogP contribution is 2.31. The normalized spacial score (nSPS) is 21.0. The fourth-order valence-electron chi connectivity index (χ4n) is 2.54. The van der Waals surface area contributed by atoms with Gasteiger partial charge in [0.25, 0.3) is 0 Å². The van der Waals surface area contributed by atoms with Gasteiger partial charge >= 0.3 is 0 Å². The Bertz CT molecular complexity index is 382. The van der Waals surface area contributed by atoms with Gasteiger partial charge in [-0.25, -0.2) is 0 Å². The van der Waals surface area contributed by atoms with Crippen LogP contribution in [0.25, 0.3) is 0 Å². The van der Waals surface area contributed by atoms with Crippen molar-refractivity contribution in [3.05, 3.63) is 11.7 Å². The molecule has 5 nitrogen and oxygen atoms in total. The summed E-state index contributed by atoms with van der Waals surface area (Å²) in [6.45, 7) is 4.88. The molecule has 0 saturated heterocycles. The van der Waals surface area contributed by atoms with E-state index in [9.17, 15) is 0 Å². The molecule has 0 spiro atoms. The van der Waals surface area contributed by atoms with Crippen molar-refractivity contribution in [1.29, 1.82) is 0 Å². The highest BCUT2D eigenvalue weighted by atomic mass is 16.5. The quantitative estimate of drug-likeness (QED) is 0.830. The van der Waals surface area contributed by atoms with Gasteiger partial charge in [-0.3, -0.25) is 0 Å². The minimum absolute atomic E-state index is 0.409. The molecule has 1 aliphatic rings. The zero-order valence-electron chi connectivity index (χ0n) is 12.0. The van der Waals surface area contributed by atoms with Gasteiger partial charge in [0.15, 0.2) is 5.82 Å². The van der Waals surface area contributed by atoms with Gasteiger partial charge in [0.05, 0.1) is 6.61 Å². The van der Waals surface area contributed by atoms with Gasteiger partial charge < -0.3 is 15.0 Å². The Morgan fingerprint density at radius 3 is 2.63 bits per heavy atom. The summed E-state index contributed by atoms with van der Waals surface area (Å²) < 4.78 is 10.8. The summed E-state index contributed by atoms with van der Waals surface area (Å²) in [5.74, 6) is 1.72. The predicted octanol–water partition coefficient (Wildman–Crippen LogP) is 2.72. The van der Waals surface area contributed by atoms with Gasteiger partial charge in [0, 0.05) is 12.5 Å². The van der Waals surface area contributed by atoms with Crippen LogP contribution in [0, 0.1) is 0 Å². The van der Waals surface area contributed by atoms with Crippen LogP contribution in [-0.4, -0.2) is 23.4 Å². The van der Waals surface area contributed by atoms with Crippen molar-refractivity contribution in [3.8, 4) is 0 Å². The van der Waals surface area contributed by atoms with E-state index in [4.69, 9.17) is 15.0 Å². The first-order valence-corrected chi connectivity index (χ1v) is 7.34. The van der Waals surface area contributed by atoms with E-state index >= 15 is 0 Å². The molecule has 2 rings (SSSR count). The molecule has 19 heavy (non-hydrogen) atoms. The SMILES string of the molecule is CCOCC(C)(N)c1noc(C2CCCCCC2)n1. The molecule has 0 radical (unpaired) electrons. The third kappa shape index (κ3) is 3.76. The number of hydrogen-bond donors (Lipinski definition) is 1. The Morgan fingerprint density at radius 1 is 1.32 bits per heavy atom. The Morgan fingerprint density at radius 2 is 2.00 bits per heavy atom. The zero-order chi connectivity index (χ0) is 13.7. The fourth-order valence-corrected chi connectivity index (χ4v) is 2.54. The first-order chi connectivity index (χ1) is 9.13. The standard InChI is InChI=1S/C14H25N3O2/c1-3-18-10-14(2,15)13-16-12(19-17-13)11-8-6-4-5-7-9-11/h11H,3-10,15H2,1-2H3. The van der Waals surface area contributed by atoms with Crippen LogP contribution in [0.5, 0.6) is 0 Å². The van der Waals surface area contributed by atoms with Crippen LogP contribution in [0.2, 0.25) is 0 Å². The van der Waals surface area contributed by atoms with Gasteiger partial charge in [0.2, 0.25) is 5.89 Å². The van der Waals surface area contributed by atoms with Crippen LogP contribution in [0.4, 0.5) is 0 Å². The minimum Gasteiger partial charge on any atom is -0.379 e. The number of aromatic nitrogens is 2. The van der Waals surface area contributed by atoms with Crippen molar-refractivity contribution >= 4 is 0 Å². The Hall–Kier alpha value is -0.940. The summed E-state index contributed by atoms with van der Waals surface area (Å²) in [7, 11) is 0. The maximum absolute atomic E-state index is 6.19. The summed E-state index contributed by atoms with van der Waals surface area (Å²) in [5.41, 5.74) is 5.51. The number of hydrogen-bond acceptors (Lipinski definition) is 5. The molecule has 5 heteroatoms. The average molecular weight is 267 g/mol. The third-order valence-corrected chi connectivity index (χ3v) is 3.76. The van der Waals surface area contributed by atoms with Crippen molar-refractivity contribution in [3.63, 3.8) is 0 Å². The Labute approximate surface area is 114 Å². The summed E-state index contributed by atoms with van der Waals surface area (Å²) in [5, 5.41) is 4.06. The van der Waals surface area contributed by atoms with Crippen molar-refractivity contribution in [1.82, 2.24) is 10.1 Å². The number of nitrogens with zero attached hydrogens (tertiary/aromatic N) is 2. The molecule has 1 saturated carbocycles. The van der Waals surface area contributed by atoms with E-state index in [-0.39, 0.29) is 0 Å². The second-order valence-electron chi connectivity index (χ2n) is 5.70. The molecular weight excluding hydrogens is 242 g/mol. The zero-order valence-corrected chi connectivity index (χ0v) is 12.0. The van der Waals surface area contributed by atoms with E-state index < -0.39 is 5.54 Å². The second-order valence-corrected chi connectivity index (χ2v) is 5.70. The lowest BCUT2D eigenvalue weighted by Gasteiger charge is -2.19. The number of ether oxygens (including phenoxy) is 1. The van der Waals surface area contributed by atoms with Crippen LogP contribution in [0.1, 0.15) is 70.0 Å². The Kier molecular flexibility index (Phi) is 4.93. The van der Waals surface area contributed by atoms with Crippen LogP contribution in [-0.2, 0) is 10.3 Å². The van der Waals surface area contributed by atoms with Gasteiger partial charge in [-0.1, -0.05) is 30.8 Å². The molecular formula is C14H25N3O2. The van der Waals surface area contributed by atoms with E-state index in [0.29, 0.717) is 25.0 Å². The molecule has 0 aliphatic heterocycles. The van der Waals surface area contributed by atoms with E-state index in [1.165, 1.54) is 25.7 Å². The van der Waals surface area contributed by atoms with Crippen molar-refractivity contribution < 1.29 is 9.26 Å². The van der Waals surface area contributed by atoms with Crippen LogP contribution in [0.3, 0.4) is 0 Å². The summed E-state index contributed by atoms with van der Waals surface area (Å²) >= 11 is 0. The largest absolute Gasteiger partial charge is 0.379 e. The van der Waals surface area contributed by atoms with Crippen molar-refractivity contribution in [2.24, 2.45) is 5.73 Å². The minimum atomic E-state index is -0.678. The van der Waals surface area contributed by atoms with Crippen molar-refractivity contribution in [2.75, 3.05) is 13.2 Å². The van der Waals surface area contributed by atoms with E-state index in [1.54, 1.807) is 0 Å². The maximum Gasteiger partial charge on any atom is 0.229 e. The van der Waals surface area contributed by atoms with Crippen molar-refractivity contribution in [2.45, 2.75) is 63.8 Å². The molecule has 1 aliphatic carbocycles. The average Bonchev–Trinajstić information content (AvgIpc) is 2.74. The molecule has 1 fully saturated rings. The summed E-state index contributed by atoms with van der Waals surface area (Å²) in [6.07, 6.45) is 7.43. The Balaban J connectivity index is 2.04. The lowest BCUT2D eigenvalue weighted by Crippen LogP contribution is -2.39. The molecule has 2 N–H and O–H groups in total. The number of rotatable bonds is 5. The van der Waals surface area contributed by atoms with E-state index in [0.717, 1.165) is 18.7 Å². The van der Waals surface area contributed by atoms with Crippen LogP contribution in [0.15, 0.2) is 4.52 Å². The van der Waals surface area contributed by atoms with Gasteiger partial charge in [-0.2, -0.15) is 4.98 Å². The van der Waals surface area contributed by atoms with E-state index in [2.05, 4.69) is 10.1 Å². The molecule has 0 bridgehead atoms. The smallest absolute Gasteiger partial charge is 0.229 e. The summed E-state index contributed by atoms with van der Waals surface area (Å²) in [6, 6.07) is 0. The van der Waals surface area contributed by atoms with Gasteiger partial charge in [0.1, 0.15) is 5.54 Å². The summed E-state index contributed by atoms with van der Waals surface area (Å²) in [4.78, 5) is 4.52. The molecule has 1 heterocycles. The monoisotopic (exact) mass is 267 g/mol. The predicted molar refractivity (Wildman–Crippen MR) is 72.8 cm³/mol. The molecule has 1 aromatic rings. The van der Waals surface area contributed by atoms with Gasteiger partial charge in [-0.15, -0.1) is 0 Å². The highest BCUT2D eigenvalue weighted by Gasteiger charge is 2.29. The fraction of sp³-hybridized carbons (Fsp3) is 0.857. The van der Waals surface area contributed by atoms with Crippen LogP contribution >= 0.6 is 0 Å². The highest BCUT2D eigenvalue weighted by molar-refractivity contribution is 5.04. The van der Waals surface area contributed by atoms with Gasteiger partial charge in [-0.05, 0) is 26.7 Å². The van der Waals surface area contributed by atoms with E-state index in [1.807, 2.05) is 13.8 Å². The van der Waals surface area contributed by atoms with Crippen LogP contribution < -0.4 is 5.73 Å². The first-order valence-electron chi connectivity index (χ1n) is 7.34. The first kappa shape index (κ1) is 14.5. The maximum atomic E-state index is 6.19. The third-order valence-electron chi connectivity index (χ3n) is 3.76.